The van der Waals surface area contributed by atoms with Crippen molar-refractivity contribution in [1.82, 2.24) is 10.2 Å². The van der Waals surface area contributed by atoms with Crippen molar-refractivity contribution in [3.8, 4) is 5.75 Å². The number of nitrogens with zero attached hydrogens (tertiary/aromatic N) is 1. The molecule has 1 aliphatic rings. The van der Waals surface area contributed by atoms with Crippen LogP contribution in [-0.2, 0) is 6.54 Å². The molecule has 0 atom stereocenters. The summed E-state index contributed by atoms with van der Waals surface area (Å²) >= 11 is 0. The van der Waals surface area contributed by atoms with Gasteiger partial charge in [0, 0.05) is 6.54 Å². The summed E-state index contributed by atoms with van der Waals surface area (Å²) in [6.07, 6.45) is -2.37. The summed E-state index contributed by atoms with van der Waals surface area (Å²) in [7, 11) is 0. The number of likely N-dealkylation sites (tertiary alicyclic amines) is 1. The lowest BCUT2D eigenvalue weighted by atomic mass is 9.96. The van der Waals surface area contributed by atoms with Crippen LogP contribution in [0, 0.1) is 5.92 Å². The molecule has 1 aliphatic heterocycles. The summed E-state index contributed by atoms with van der Waals surface area (Å²) in [6.45, 7) is 6.79. The second-order valence-electron chi connectivity index (χ2n) is 5.72. The monoisotopic (exact) mass is 316 g/mol. The Bertz CT molecular complexity index is 457. The lowest BCUT2D eigenvalue weighted by Gasteiger charge is -2.32. The van der Waals surface area contributed by atoms with Gasteiger partial charge in [-0.2, -0.15) is 0 Å². The number of ether oxygens (including phenoxy) is 1. The molecule has 0 unspecified atom stereocenters. The van der Waals surface area contributed by atoms with Gasteiger partial charge in [-0.25, -0.2) is 0 Å². The minimum atomic E-state index is -4.64. The maximum atomic E-state index is 12.2. The number of halogens is 3. The Morgan fingerprint density at radius 2 is 2.00 bits per heavy atom. The van der Waals surface area contributed by atoms with Crippen LogP contribution in [0.25, 0.3) is 0 Å². The Hall–Kier alpha value is -1.27. The third kappa shape index (κ3) is 5.85. The maximum absolute atomic E-state index is 12.2. The van der Waals surface area contributed by atoms with Crippen molar-refractivity contribution in [2.45, 2.75) is 32.7 Å². The van der Waals surface area contributed by atoms with Gasteiger partial charge in [-0.3, -0.25) is 4.90 Å². The molecule has 0 bridgehead atoms. The molecule has 0 aliphatic carbocycles. The number of hydrogen-bond acceptors (Lipinski definition) is 3. The molecule has 1 fully saturated rings. The minimum Gasteiger partial charge on any atom is -0.406 e. The van der Waals surface area contributed by atoms with E-state index < -0.39 is 6.36 Å². The fourth-order valence-corrected chi connectivity index (χ4v) is 2.80. The second kappa shape index (κ2) is 7.83. The standard InChI is InChI=1S/C16H23F3N2O/c1-2-20-11-13-6-8-21(9-7-13)12-14-4-3-5-15(10-14)22-16(17,18)19/h3-5,10,13,20H,2,6-9,11-12H2,1H3. The van der Waals surface area contributed by atoms with Crippen molar-refractivity contribution in [1.29, 1.82) is 0 Å². The third-order valence-electron chi connectivity index (χ3n) is 3.93. The fourth-order valence-electron chi connectivity index (χ4n) is 2.80. The summed E-state index contributed by atoms with van der Waals surface area (Å²) in [4.78, 5) is 2.29. The van der Waals surface area contributed by atoms with E-state index in [0.29, 0.717) is 12.5 Å². The van der Waals surface area contributed by atoms with Gasteiger partial charge in [0.15, 0.2) is 0 Å². The number of benzene rings is 1. The first kappa shape index (κ1) is 17.1. The van der Waals surface area contributed by atoms with E-state index in [4.69, 9.17) is 0 Å². The molecule has 1 saturated heterocycles. The second-order valence-corrected chi connectivity index (χ2v) is 5.72. The Kier molecular flexibility index (Phi) is 6.08. The topological polar surface area (TPSA) is 24.5 Å². The highest BCUT2D eigenvalue weighted by Gasteiger charge is 2.31. The Morgan fingerprint density at radius 1 is 1.27 bits per heavy atom. The van der Waals surface area contributed by atoms with Gasteiger partial charge in [0.1, 0.15) is 5.75 Å². The lowest BCUT2D eigenvalue weighted by molar-refractivity contribution is -0.274. The molecule has 2 rings (SSSR count). The average Bonchev–Trinajstić information content (AvgIpc) is 2.45. The van der Waals surface area contributed by atoms with Gasteiger partial charge in [-0.05, 0) is 62.6 Å². The van der Waals surface area contributed by atoms with Crippen LogP contribution in [-0.4, -0.2) is 37.4 Å². The van der Waals surface area contributed by atoms with Gasteiger partial charge >= 0.3 is 6.36 Å². The fraction of sp³-hybridized carbons (Fsp3) is 0.625. The van der Waals surface area contributed by atoms with Gasteiger partial charge in [0.25, 0.3) is 0 Å². The van der Waals surface area contributed by atoms with Crippen molar-refractivity contribution in [2.75, 3.05) is 26.2 Å². The van der Waals surface area contributed by atoms with E-state index in [1.165, 1.54) is 12.1 Å². The summed E-state index contributed by atoms with van der Waals surface area (Å²) in [5.74, 6) is 0.558. The molecule has 0 saturated carbocycles. The zero-order valence-corrected chi connectivity index (χ0v) is 12.8. The van der Waals surface area contributed by atoms with Crippen molar-refractivity contribution >= 4 is 0 Å². The molecular weight excluding hydrogens is 293 g/mol. The van der Waals surface area contributed by atoms with Gasteiger partial charge in [-0.15, -0.1) is 13.2 Å². The van der Waals surface area contributed by atoms with Gasteiger partial charge in [0.05, 0.1) is 0 Å². The van der Waals surface area contributed by atoms with Crippen LogP contribution in [0.5, 0.6) is 5.75 Å². The summed E-state index contributed by atoms with van der Waals surface area (Å²) < 4.78 is 40.7. The van der Waals surface area contributed by atoms with Crippen molar-refractivity contribution < 1.29 is 17.9 Å². The first-order chi connectivity index (χ1) is 10.5. The summed E-state index contributed by atoms with van der Waals surface area (Å²) in [5.41, 5.74) is 0.854. The van der Waals surface area contributed by atoms with Crippen molar-refractivity contribution in [3.05, 3.63) is 29.8 Å². The van der Waals surface area contributed by atoms with Crippen LogP contribution in [0.1, 0.15) is 25.3 Å². The largest absolute Gasteiger partial charge is 0.573 e. The first-order valence-corrected chi connectivity index (χ1v) is 7.74. The Balaban J connectivity index is 1.83. The Morgan fingerprint density at radius 3 is 2.64 bits per heavy atom. The lowest BCUT2D eigenvalue weighted by Crippen LogP contribution is -2.36. The molecule has 1 aromatic carbocycles. The van der Waals surface area contributed by atoms with E-state index in [9.17, 15) is 13.2 Å². The van der Waals surface area contributed by atoms with Crippen molar-refractivity contribution in [3.63, 3.8) is 0 Å². The van der Waals surface area contributed by atoms with E-state index in [-0.39, 0.29) is 5.75 Å². The highest BCUT2D eigenvalue weighted by atomic mass is 19.4. The van der Waals surface area contributed by atoms with Gasteiger partial charge < -0.3 is 10.1 Å². The molecule has 0 spiro atoms. The normalized spacial score (nSPS) is 17.6. The molecule has 6 heteroatoms. The van der Waals surface area contributed by atoms with Crippen LogP contribution < -0.4 is 10.1 Å². The van der Waals surface area contributed by atoms with Crippen LogP contribution in [0.2, 0.25) is 0 Å². The summed E-state index contributed by atoms with van der Waals surface area (Å²) in [5, 5.41) is 3.37. The molecule has 1 heterocycles. The molecule has 1 N–H and O–H groups in total. The molecule has 0 radical (unpaired) electrons. The first-order valence-electron chi connectivity index (χ1n) is 7.74. The van der Waals surface area contributed by atoms with E-state index in [1.807, 2.05) is 6.07 Å². The molecule has 1 aromatic rings. The number of piperidine rings is 1. The average molecular weight is 316 g/mol. The number of rotatable bonds is 6. The van der Waals surface area contributed by atoms with Gasteiger partial charge in [-0.1, -0.05) is 19.1 Å². The summed E-state index contributed by atoms with van der Waals surface area (Å²) in [6, 6.07) is 6.25. The van der Waals surface area contributed by atoms with Gasteiger partial charge in [0.2, 0.25) is 0 Å². The predicted molar refractivity (Wildman–Crippen MR) is 79.7 cm³/mol. The smallest absolute Gasteiger partial charge is 0.406 e. The SMILES string of the molecule is CCNCC1CCN(Cc2cccc(OC(F)(F)F)c2)CC1. The van der Waals surface area contributed by atoms with E-state index in [0.717, 1.165) is 44.6 Å². The number of nitrogens with one attached hydrogen (secondary N) is 1. The minimum absolute atomic E-state index is 0.146. The number of hydrogen-bond donors (Lipinski definition) is 1. The molecular formula is C16H23F3N2O. The quantitative estimate of drug-likeness (QED) is 0.870. The highest BCUT2D eigenvalue weighted by molar-refractivity contribution is 5.28. The molecule has 22 heavy (non-hydrogen) atoms. The van der Waals surface area contributed by atoms with E-state index in [2.05, 4.69) is 21.9 Å². The van der Waals surface area contributed by atoms with E-state index >= 15 is 0 Å². The number of alkyl halides is 3. The van der Waals surface area contributed by atoms with Crippen LogP contribution in [0.3, 0.4) is 0 Å². The molecule has 3 nitrogen and oxygen atoms in total. The predicted octanol–water partition coefficient (Wildman–Crippen LogP) is 3.41. The molecule has 124 valence electrons. The van der Waals surface area contributed by atoms with Crippen molar-refractivity contribution in [2.24, 2.45) is 5.92 Å². The highest BCUT2D eigenvalue weighted by Crippen LogP contribution is 2.24. The van der Waals surface area contributed by atoms with Crippen LogP contribution >= 0.6 is 0 Å². The third-order valence-corrected chi connectivity index (χ3v) is 3.93. The maximum Gasteiger partial charge on any atom is 0.573 e. The zero-order valence-electron chi connectivity index (χ0n) is 12.8. The molecule has 0 amide bonds. The zero-order chi connectivity index (χ0) is 16.0. The van der Waals surface area contributed by atoms with E-state index in [1.54, 1.807) is 6.07 Å². The molecule has 0 aromatic heterocycles. The van der Waals surface area contributed by atoms with Crippen LogP contribution in [0.4, 0.5) is 13.2 Å². The van der Waals surface area contributed by atoms with Crippen LogP contribution in [0.15, 0.2) is 24.3 Å². The Labute approximate surface area is 129 Å².